The Balaban J connectivity index is 1.57. The number of aliphatic hydroxyl groups is 1. The van der Waals surface area contributed by atoms with Crippen LogP contribution in [0.2, 0.25) is 0 Å². The lowest BCUT2D eigenvalue weighted by Gasteiger charge is -2.33. The minimum absolute atomic E-state index is 0.210. The molecule has 0 radical (unpaired) electrons. The molecule has 2 atom stereocenters. The van der Waals surface area contributed by atoms with Gasteiger partial charge in [0.15, 0.2) is 0 Å². The first kappa shape index (κ1) is 19.1. The molecule has 2 aromatic rings. The van der Waals surface area contributed by atoms with Crippen LogP contribution in [0.25, 0.3) is 10.2 Å². The number of rotatable bonds is 6. The molecule has 148 valence electrons. The SMILES string of the molecule is CC[C@H](O)C[C@H]1CCc2sc3ncnc(N[C@H]4CC[C@H](N(C)C)CC4)c3c21. The molecule has 5 nitrogen and oxygen atoms in total. The van der Waals surface area contributed by atoms with E-state index < -0.39 is 0 Å². The zero-order valence-electron chi connectivity index (χ0n) is 16.7. The Kier molecular flexibility index (Phi) is 5.67. The predicted octanol–water partition coefficient (Wildman–Crippen LogP) is 4.17. The number of nitrogens with zero attached hydrogens (tertiary/aromatic N) is 3. The third kappa shape index (κ3) is 3.84. The van der Waals surface area contributed by atoms with Crippen LogP contribution >= 0.6 is 11.3 Å². The van der Waals surface area contributed by atoms with E-state index in [4.69, 9.17) is 0 Å². The maximum atomic E-state index is 10.2. The van der Waals surface area contributed by atoms with E-state index in [-0.39, 0.29) is 6.10 Å². The minimum Gasteiger partial charge on any atom is -0.393 e. The van der Waals surface area contributed by atoms with Crippen molar-refractivity contribution in [2.45, 2.75) is 82.4 Å². The van der Waals surface area contributed by atoms with E-state index in [1.165, 1.54) is 41.5 Å². The molecule has 0 aliphatic heterocycles. The number of anilines is 1. The third-order valence-corrected chi connectivity index (χ3v) is 7.70. The van der Waals surface area contributed by atoms with Crippen LogP contribution < -0.4 is 5.32 Å². The van der Waals surface area contributed by atoms with Crippen LogP contribution in [0.5, 0.6) is 0 Å². The van der Waals surface area contributed by atoms with Gasteiger partial charge >= 0.3 is 0 Å². The van der Waals surface area contributed by atoms with E-state index in [0.717, 1.165) is 36.3 Å². The Morgan fingerprint density at radius 3 is 2.70 bits per heavy atom. The molecule has 0 bridgehead atoms. The van der Waals surface area contributed by atoms with Crippen LogP contribution in [-0.4, -0.2) is 52.3 Å². The highest BCUT2D eigenvalue weighted by Gasteiger charge is 2.31. The molecule has 1 fully saturated rings. The van der Waals surface area contributed by atoms with Gasteiger partial charge in [0.1, 0.15) is 17.0 Å². The summed E-state index contributed by atoms with van der Waals surface area (Å²) < 4.78 is 0. The van der Waals surface area contributed by atoms with Crippen LogP contribution in [-0.2, 0) is 6.42 Å². The topological polar surface area (TPSA) is 61.3 Å². The van der Waals surface area contributed by atoms with Crippen LogP contribution in [0.15, 0.2) is 6.33 Å². The van der Waals surface area contributed by atoms with E-state index >= 15 is 0 Å². The molecular weight excluding hydrogens is 356 g/mol. The number of nitrogens with one attached hydrogen (secondary N) is 1. The summed E-state index contributed by atoms with van der Waals surface area (Å²) in [5.74, 6) is 1.46. The smallest absolute Gasteiger partial charge is 0.138 e. The summed E-state index contributed by atoms with van der Waals surface area (Å²) in [6.07, 6.45) is 10.3. The molecule has 2 aliphatic rings. The molecule has 4 rings (SSSR count). The first-order valence-electron chi connectivity index (χ1n) is 10.4. The van der Waals surface area contributed by atoms with Crippen molar-refractivity contribution in [3.8, 4) is 0 Å². The monoisotopic (exact) mass is 388 g/mol. The predicted molar refractivity (Wildman–Crippen MR) is 113 cm³/mol. The number of fused-ring (bicyclic) bond motifs is 3. The van der Waals surface area contributed by atoms with Crippen molar-refractivity contribution in [3.63, 3.8) is 0 Å². The number of aryl methyl sites for hydroxylation is 1. The fourth-order valence-electron chi connectivity index (χ4n) is 4.84. The summed E-state index contributed by atoms with van der Waals surface area (Å²) in [7, 11) is 4.37. The molecule has 2 aliphatic carbocycles. The van der Waals surface area contributed by atoms with Gasteiger partial charge in [-0.05, 0) is 76.9 Å². The molecular formula is C21H32N4OS. The number of aliphatic hydroxyl groups excluding tert-OH is 1. The van der Waals surface area contributed by atoms with E-state index in [0.29, 0.717) is 18.0 Å². The van der Waals surface area contributed by atoms with Crippen molar-refractivity contribution in [3.05, 3.63) is 16.8 Å². The zero-order chi connectivity index (χ0) is 19.0. The first-order valence-corrected chi connectivity index (χ1v) is 11.3. The molecule has 0 saturated heterocycles. The van der Waals surface area contributed by atoms with E-state index in [1.54, 1.807) is 6.33 Å². The molecule has 0 amide bonds. The van der Waals surface area contributed by atoms with Gasteiger partial charge in [0.2, 0.25) is 0 Å². The second-order valence-electron chi connectivity index (χ2n) is 8.49. The quantitative estimate of drug-likeness (QED) is 0.778. The van der Waals surface area contributed by atoms with Gasteiger partial charge < -0.3 is 15.3 Å². The van der Waals surface area contributed by atoms with Gasteiger partial charge in [-0.2, -0.15) is 0 Å². The minimum atomic E-state index is -0.210. The van der Waals surface area contributed by atoms with Crippen molar-refractivity contribution in [1.29, 1.82) is 0 Å². The number of thiophene rings is 1. The Bertz CT molecular complexity index is 782. The number of hydrogen-bond acceptors (Lipinski definition) is 6. The average Bonchev–Trinajstić information content (AvgIpc) is 3.22. The normalized spacial score (nSPS) is 26.5. The first-order chi connectivity index (χ1) is 13.1. The van der Waals surface area contributed by atoms with Gasteiger partial charge in [0.05, 0.1) is 11.5 Å². The standard InChI is InChI=1S/C21H32N4OS/c1-4-16(26)11-13-5-10-17-18(13)19-20(22-12-23-21(19)27-17)24-14-6-8-15(9-7-14)25(2)3/h12-16,26H,4-11H2,1-3H3,(H,22,23,24)/t13-,14-,15-,16+/m1/s1. The third-order valence-electron chi connectivity index (χ3n) is 6.53. The Morgan fingerprint density at radius 2 is 2.00 bits per heavy atom. The number of aromatic nitrogens is 2. The van der Waals surface area contributed by atoms with Crippen molar-refractivity contribution in [2.75, 3.05) is 19.4 Å². The van der Waals surface area contributed by atoms with Gasteiger partial charge in [-0.1, -0.05) is 6.92 Å². The van der Waals surface area contributed by atoms with E-state index in [1.807, 2.05) is 11.3 Å². The molecule has 2 heterocycles. The maximum Gasteiger partial charge on any atom is 0.138 e. The van der Waals surface area contributed by atoms with Gasteiger partial charge in [0, 0.05) is 17.0 Å². The molecule has 0 unspecified atom stereocenters. The lowest BCUT2D eigenvalue weighted by atomic mass is 9.90. The summed E-state index contributed by atoms with van der Waals surface area (Å²) in [6, 6.07) is 1.20. The summed E-state index contributed by atoms with van der Waals surface area (Å²) >= 11 is 1.83. The van der Waals surface area contributed by atoms with Gasteiger partial charge in [-0.25, -0.2) is 9.97 Å². The van der Waals surface area contributed by atoms with Crippen molar-refractivity contribution >= 4 is 27.4 Å². The largest absolute Gasteiger partial charge is 0.393 e. The molecule has 6 heteroatoms. The van der Waals surface area contributed by atoms with Crippen molar-refractivity contribution < 1.29 is 5.11 Å². The van der Waals surface area contributed by atoms with Crippen LogP contribution in [0.4, 0.5) is 5.82 Å². The molecule has 2 N–H and O–H groups in total. The Labute approximate surface area is 166 Å². The molecule has 0 spiro atoms. The summed E-state index contributed by atoms with van der Waals surface area (Å²) in [6.45, 7) is 2.06. The van der Waals surface area contributed by atoms with E-state index in [9.17, 15) is 5.11 Å². The average molecular weight is 389 g/mol. The molecule has 0 aromatic carbocycles. The summed E-state index contributed by atoms with van der Waals surface area (Å²) in [5, 5.41) is 15.2. The highest BCUT2D eigenvalue weighted by Crippen LogP contribution is 2.47. The van der Waals surface area contributed by atoms with E-state index in [2.05, 4.69) is 41.2 Å². The second kappa shape index (κ2) is 8.02. The van der Waals surface area contributed by atoms with Gasteiger partial charge in [0.25, 0.3) is 0 Å². The molecule has 27 heavy (non-hydrogen) atoms. The fourth-order valence-corrected chi connectivity index (χ4v) is 6.08. The van der Waals surface area contributed by atoms with Gasteiger partial charge in [-0.3, -0.25) is 0 Å². The summed E-state index contributed by atoms with van der Waals surface area (Å²) in [4.78, 5) is 14.1. The van der Waals surface area contributed by atoms with Crippen molar-refractivity contribution in [1.82, 2.24) is 14.9 Å². The maximum absolute atomic E-state index is 10.2. The van der Waals surface area contributed by atoms with Crippen molar-refractivity contribution in [2.24, 2.45) is 0 Å². The Hall–Kier alpha value is -1.24. The molecule has 2 aromatic heterocycles. The lowest BCUT2D eigenvalue weighted by Crippen LogP contribution is -2.36. The van der Waals surface area contributed by atoms with Crippen LogP contribution in [0, 0.1) is 0 Å². The fraction of sp³-hybridized carbons (Fsp3) is 0.714. The highest BCUT2D eigenvalue weighted by atomic mass is 32.1. The highest BCUT2D eigenvalue weighted by molar-refractivity contribution is 7.19. The van der Waals surface area contributed by atoms with Crippen LogP contribution in [0.1, 0.15) is 68.2 Å². The van der Waals surface area contributed by atoms with Gasteiger partial charge in [-0.15, -0.1) is 11.3 Å². The number of hydrogen-bond donors (Lipinski definition) is 2. The summed E-state index contributed by atoms with van der Waals surface area (Å²) in [5.41, 5.74) is 1.42. The molecule has 1 saturated carbocycles. The second-order valence-corrected chi connectivity index (χ2v) is 9.57. The van der Waals surface area contributed by atoms with Crippen LogP contribution in [0.3, 0.4) is 0 Å². The Morgan fingerprint density at radius 1 is 1.22 bits per heavy atom. The lowest BCUT2D eigenvalue weighted by molar-refractivity contribution is 0.151. The zero-order valence-corrected chi connectivity index (χ0v) is 17.6.